The lowest BCUT2D eigenvalue weighted by Gasteiger charge is -2.17. The monoisotopic (exact) mass is 419 g/mol. The lowest BCUT2D eigenvalue weighted by Crippen LogP contribution is -2.30. The third-order valence-electron chi connectivity index (χ3n) is 4.11. The van der Waals surface area contributed by atoms with E-state index >= 15 is 0 Å². The number of carbonyl (C=O) groups is 2. The third kappa shape index (κ3) is 5.87. The van der Waals surface area contributed by atoms with Crippen LogP contribution in [0.25, 0.3) is 0 Å². The zero-order chi connectivity index (χ0) is 21.7. The maximum atomic E-state index is 12.5. The SMILES string of the molecule is COc1cc(C(=O)O[C@H](C)C(=O)Nc2ccc(C)cc2C)cc(Cl)c1OC(C)C. The largest absolute Gasteiger partial charge is 0.493 e. The van der Waals surface area contributed by atoms with Gasteiger partial charge in [-0.05, 0) is 58.4 Å². The van der Waals surface area contributed by atoms with Gasteiger partial charge in [0, 0.05) is 5.69 Å². The van der Waals surface area contributed by atoms with Crippen LogP contribution in [0.5, 0.6) is 11.5 Å². The van der Waals surface area contributed by atoms with Gasteiger partial charge in [0.25, 0.3) is 5.91 Å². The number of nitrogens with one attached hydrogen (secondary N) is 1. The number of anilines is 1. The number of amides is 1. The summed E-state index contributed by atoms with van der Waals surface area (Å²) >= 11 is 6.25. The smallest absolute Gasteiger partial charge is 0.339 e. The van der Waals surface area contributed by atoms with Crippen LogP contribution in [0.2, 0.25) is 5.02 Å². The number of rotatable bonds is 7. The van der Waals surface area contributed by atoms with E-state index in [9.17, 15) is 9.59 Å². The molecule has 1 atom stereocenters. The van der Waals surface area contributed by atoms with Crippen LogP contribution in [0.4, 0.5) is 5.69 Å². The fraction of sp³-hybridized carbons (Fsp3) is 0.364. The molecule has 0 saturated heterocycles. The minimum absolute atomic E-state index is 0.117. The van der Waals surface area contributed by atoms with Gasteiger partial charge in [0.15, 0.2) is 17.6 Å². The molecule has 6 nitrogen and oxygen atoms in total. The standard InChI is InChI=1S/C22H26ClNO5/c1-12(2)28-20-17(23)10-16(11-19(20)27-6)22(26)29-15(5)21(25)24-18-8-7-13(3)9-14(18)4/h7-12,15H,1-6H3,(H,24,25)/t15-/m1/s1. The Hall–Kier alpha value is -2.73. The van der Waals surface area contributed by atoms with Crippen molar-refractivity contribution in [2.24, 2.45) is 0 Å². The van der Waals surface area contributed by atoms with E-state index in [1.165, 1.54) is 26.2 Å². The van der Waals surface area contributed by atoms with Crippen molar-refractivity contribution in [1.82, 2.24) is 0 Å². The predicted octanol–water partition coefficient (Wildman–Crippen LogP) is 4.94. The second kappa shape index (κ2) is 9.65. The van der Waals surface area contributed by atoms with E-state index in [4.69, 9.17) is 25.8 Å². The minimum atomic E-state index is -1.00. The molecule has 0 aliphatic carbocycles. The fourth-order valence-corrected chi connectivity index (χ4v) is 2.91. The van der Waals surface area contributed by atoms with Gasteiger partial charge in [-0.3, -0.25) is 4.79 Å². The molecule has 0 heterocycles. The topological polar surface area (TPSA) is 73.9 Å². The Balaban J connectivity index is 2.12. The molecular formula is C22H26ClNO5. The first-order valence-electron chi connectivity index (χ1n) is 9.25. The normalized spacial score (nSPS) is 11.7. The summed E-state index contributed by atoms with van der Waals surface area (Å²) in [6.45, 7) is 9.09. The Kier molecular flexibility index (Phi) is 7.51. The second-order valence-corrected chi connectivity index (χ2v) is 7.42. The molecule has 2 rings (SSSR count). The van der Waals surface area contributed by atoms with E-state index in [0.717, 1.165) is 11.1 Å². The highest BCUT2D eigenvalue weighted by molar-refractivity contribution is 6.32. The Morgan fingerprint density at radius 3 is 2.34 bits per heavy atom. The molecule has 0 aliphatic rings. The number of aryl methyl sites for hydroxylation is 2. The molecule has 0 unspecified atom stereocenters. The van der Waals surface area contributed by atoms with Gasteiger partial charge in [-0.2, -0.15) is 0 Å². The highest BCUT2D eigenvalue weighted by Crippen LogP contribution is 2.37. The van der Waals surface area contributed by atoms with Crippen molar-refractivity contribution in [2.45, 2.75) is 46.8 Å². The van der Waals surface area contributed by atoms with Crippen LogP contribution < -0.4 is 14.8 Å². The molecule has 7 heteroatoms. The van der Waals surface area contributed by atoms with Gasteiger partial charge >= 0.3 is 5.97 Å². The average Bonchev–Trinajstić information content (AvgIpc) is 2.64. The summed E-state index contributed by atoms with van der Waals surface area (Å²) in [5.41, 5.74) is 2.85. The number of hydrogen-bond donors (Lipinski definition) is 1. The maximum absolute atomic E-state index is 12.5. The van der Waals surface area contributed by atoms with E-state index in [2.05, 4.69) is 5.32 Å². The van der Waals surface area contributed by atoms with Crippen LogP contribution in [-0.4, -0.2) is 31.2 Å². The summed E-state index contributed by atoms with van der Waals surface area (Å²) in [6, 6.07) is 8.57. The molecule has 1 amide bonds. The van der Waals surface area contributed by atoms with E-state index in [0.29, 0.717) is 17.2 Å². The van der Waals surface area contributed by atoms with E-state index in [-0.39, 0.29) is 16.7 Å². The number of methoxy groups -OCH3 is 1. The quantitative estimate of drug-likeness (QED) is 0.643. The van der Waals surface area contributed by atoms with Crippen molar-refractivity contribution in [3.05, 3.63) is 52.0 Å². The first-order valence-corrected chi connectivity index (χ1v) is 9.63. The Bertz CT molecular complexity index is 910. The van der Waals surface area contributed by atoms with E-state index in [1.54, 1.807) is 0 Å². The molecule has 0 spiro atoms. The molecule has 0 aliphatic heterocycles. The molecule has 29 heavy (non-hydrogen) atoms. The summed E-state index contributed by atoms with van der Waals surface area (Å²) in [5, 5.41) is 2.99. The molecule has 0 bridgehead atoms. The van der Waals surface area contributed by atoms with E-state index in [1.807, 2.05) is 45.9 Å². The Labute approximate surface area is 176 Å². The molecule has 0 aromatic heterocycles. The number of carbonyl (C=O) groups excluding carboxylic acids is 2. The first-order chi connectivity index (χ1) is 13.6. The van der Waals surface area contributed by atoms with Crippen LogP contribution in [0, 0.1) is 13.8 Å². The number of ether oxygens (including phenoxy) is 3. The number of halogens is 1. The lowest BCUT2D eigenvalue weighted by molar-refractivity contribution is -0.123. The summed E-state index contributed by atoms with van der Waals surface area (Å²) < 4.78 is 16.2. The molecule has 0 saturated carbocycles. The van der Waals surface area contributed by atoms with Crippen molar-refractivity contribution in [2.75, 3.05) is 12.4 Å². The van der Waals surface area contributed by atoms with Gasteiger partial charge in [-0.15, -0.1) is 0 Å². The number of hydrogen-bond acceptors (Lipinski definition) is 5. The summed E-state index contributed by atoms with van der Waals surface area (Å²) in [4.78, 5) is 24.9. The van der Waals surface area contributed by atoms with Crippen molar-refractivity contribution in [3.8, 4) is 11.5 Å². The van der Waals surface area contributed by atoms with Crippen LogP contribution in [0.1, 0.15) is 42.3 Å². The molecule has 156 valence electrons. The highest BCUT2D eigenvalue weighted by Gasteiger charge is 2.22. The predicted molar refractivity (Wildman–Crippen MR) is 113 cm³/mol. The van der Waals surface area contributed by atoms with Crippen molar-refractivity contribution in [1.29, 1.82) is 0 Å². The first kappa shape index (κ1) is 22.6. The van der Waals surface area contributed by atoms with Gasteiger partial charge in [0.2, 0.25) is 0 Å². The van der Waals surface area contributed by atoms with Crippen molar-refractivity contribution >= 4 is 29.2 Å². The third-order valence-corrected chi connectivity index (χ3v) is 4.39. The molecule has 0 radical (unpaired) electrons. The molecule has 1 N–H and O–H groups in total. The van der Waals surface area contributed by atoms with Crippen molar-refractivity contribution in [3.63, 3.8) is 0 Å². The molecule has 2 aromatic rings. The Morgan fingerprint density at radius 2 is 1.76 bits per heavy atom. The van der Waals surface area contributed by atoms with Gasteiger partial charge in [0.1, 0.15) is 0 Å². The fourth-order valence-electron chi connectivity index (χ4n) is 2.66. The average molecular weight is 420 g/mol. The van der Waals surface area contributed by atoms with Crippen molar-refractivity contribution < 1.29 is 23.8 Å². The maximum Gasteiger partial charge on any atom is 0.339 e. The second-order valence-electron chi connectivity index (χ2n) is 7.01. The van der Waals surface area contributed by atoms with Gasteiger partial charge in [-0.25, -0.2) is 4.79 Å². The molecular weight excluding hydrogens is 394 g/mol. The van der Waals surface area contributed by atoms with Gasteiger partial charge < -0.3 is 19.5 Å². The minimum Gasteiger partial charge on any atom is -0.493 e. The zero-order valence-corrected chi connectivity index (χ0v) is 18.2. The van der Waals surface area contributed by atoms with Crippen LogP contribution in [0.3, 0.4) is 0 Å². The van der Waals surface area contributed by atoms with Crippen LogP contribution >= 0.6 is 11.6 Å². The van der Waals surface area contributed by atoms with E-state index < -0.39 is 18.0 Å². The summed E-state index contributed by atoms with van der Waals surface area (Å²) in [6.07, 6.45) is -1.12. The number of esters is 1. The van der Waals surface area contributed by atoms with Crippen LogP contribution in [-0.2, 0) is 9.53 Å². The zero-order valence-electron chi connectivity index (χ0n) is 17.5. The Morgan fingerprint density at radius 1 is 1.07 bits per heavy atom. The molecule has 2 aromatic carbocycles. The summed E-state index contributed by atoms with van der Waals surface area (Å²) in [7, 11) is 1.45. The lowest BCUT2D eigenvalue weighted by atomic mass is 10.1. The van der Waals surface area contributed by atoms with Gasteiger partial charge in [-0.1, -0.05) is 29.3 Å². The molecule has 0 fully saturated rings. The van der Waals surface area contributed by atoms with Crippen LogP contribution in [0.15, 0.2) is 30.3 Å². The van der Waals surface area contributed by atoms with Gasteiger partial charge in [0.05, 0.1) is 23.8 Å². The highest BCUT2D eigenvalue weighted by atomic mass is 35.5. The number of benzene rings is 2. The summed E-state index contributed by atoms with van der Waals surface area (Å²) in [5.74, 6) is -0.459.